The van der Waals surface area contributed by atoms with Crippen molar-refractivity contribution in [1.82, 2.24) is 4.90 Å². The minimum absolute atomic E-state index is 0.350. The summed E-state index contributed by atoms with van der Waals surface area (Å²) in [5.74, 6) is -10.2. The Morgan fingerprint density at radius 1 is 1.18 bits per heavy atom. The molecule has 0 aliphatic carbocycles. The Morgan fingerprint density at radius 3 is 2.00 bits per heavy atom. The first kappa shape index (κ1) is 13.5. The number of rotatable bonds is 4. The molecule has 0 saturated heterocycles. The smallest absolute Gasteiger partial charge is 0.364 e. The van der Waals surface area contributed by atoms with Gasteiger partial charge in [-0.15, -0.1) is 0 Å². The van der Waals surface area contributed by atoms with Crippen molar-refractivity contribution in [1.29, 1.82) is 0 Å². The first-order valence-electron chi connectivity index (χ1n) is 4.77. The van der Waals surface area contributed by atoms with Crippen LogP contribution in [0.5, 0.6) is 0 Å². The van der Waals surface area contributed by atoms with Crippen LogP contribution in [0.25, 0.3) is 0 Å². The van der Waals surface area contributed by atoms with E-state index in [-0.39, 0.29) is 0 Å². The summed E-state index contributed by atoms with van der Waals surface area (Å²) < 4.78 is 41.9. The highest BCUT2D eigenvalue weighted by Gasteiger charge is 2.63. The van der Waals surface area contributed by atoms with Crippen molar-refractivity contribution in [2.24, 2.45) is 0 Å². The summed E-state index contributed by atoms with van der Waals surface area (Å²) in [6.45, 7) is 0. The van der Waals surface area contributed by atoms with Gasteiger partial charge in [0.25, 0.3) is 0 Å². The molecule has 6 heteroatoms. The lowest BCUT2D eigenvalue weighted by atomic mass is 9.98. The molecule has 0 bridgehead atoms. The molecule has 17 heavy (non-hydrogen) atoms. The Hall–Kier alpha value is -1.56. The molecule has 1 N–H and O–H groups in total. The van der Waals surface area contributed by atoms with Gasteiger partial charge in [-0.3, -0.25) is 4.90 Å². The lowest BCUT2D eigenvalue weighted by Crippen LogP contribution is -2.58. The Labute approximate surface area is 96.5 Å². The van der Waals surface area contributed by atoms with Crippen molar-refractivity contribution in [2.45, 2.75) is 11.7 Å². The molecule has 0 radical (unpaired) electrons. The number of carbonyl (C=O) groups is 1. The van der Waals surface area contributed by atoms with Crippen LogP contribution in [0.4, 0.5) is 13.2 Å². The Morgan fingerprint density at radius 2 is 1.65 bits per heavy atom. The molecular formula is C11H12F3NO2. The van der Waals surface area contributed by atoms with Gasteiger partial charge in [-0.25, -0.2) is 9.18 Å². The first-order valence-corrected chi connectivity index (χ1v) is 4.77. The van der Waals surface area contributed by atoms with Gasteiger partial charge in [0.15, 0.2) is 0 Å². The third-order valence-electron chi connectivity index (χ3n) is 2.45. The van der Waals surface area contributed by atoms with E-state index in [4.69, 9.17) is 5.11 Å². The molecule has 0 amide bonds. The van der Waals surface area contributed by atoms with Crippen LogP contribution >= 0.6 is 0 Å². The fourth-order valence-electron chi connectivity index (χ4n) is 1.45. The van der Waals surface area contributed by atoms with Crippen LogP contribution in [0.2, 0.25) is 0 Å². The predicted molar refractivity (Wildman–Crippen MR) is 55.5 cm³/mol. The van der Waals surface area contributed by atoms with Crippen molar-refractivity contribution in [3.05, 3.63) is 35.9 Å². The molecule has 3 nitrogen and oxygen atoms in total. The molecule has 0 aliphatic heterocycles. The average Bonchev–Trinajstić information content (AvgIpc) is 2.28. The molecule has 1 aromatic rings. The number of hydrogen-bond donors (Lipinski definition) is 1. The van der Waals surface area contributed by atoms with E-state index in [0.29, 0.717) is 4.90 Å². The van der Waals surface area contributed by atoms with E-state index < -0.39 is 23.2 Å². The second-order valence-corrected chi connectivity index (χ2v) is 3.76. The summed E-state index contributed by atoms with van der Waals surface area (Å²) in [7, 11) is 1.90. The van der Waals surface area contributed by atoms with Crippen molar-refractivity contribution in [3.8, 4) is 0 Å². The molecule has 0 fully saturated rings. The molecule has 0 saturated carbocycles. The third-order valence-corrected chi connectivity index (χ3v) is 2.45. The average molecular weight is 247 g/mol. The maximum Gasteiger partial charge on any atom is 0.364 e. The van der Waals surface area contributed by atoms with Gasteiger partial charge in [0.2, 0.25) is 0 Å². The summed E-state index contributed by atoms with van der Waals surface area (Å²) in [6, 6.07) is 6.04. The van der Waals surface area contributed by atoms with Crippen molar-refractivity contribution < 1.29 is 23.1 Å². The third kappa shape index (κ3) is 2.00. The van der Waals surface area contributed by atoms with Crippen LogP contribution in [-0.4, -0.2) is 35.9 Å². The summed E-state index contributed by atoms with van der Waals surface area (Å²) >= 11 is 0. The van der Waals surface area contributed by atoms with Gasteiger partial charge in [-0.2, -0.15) is 8.78 Å². The Balaban J connectivity index is 3.33. The zero-order chi connectivity index (χ0) is 13.3. The topological polar surface area (TPSA) is 40.5 Å². The normalized spacial score (nSPS) is 15.6. The highest BCUT2D eigenvalue weighted by molar-refractivity contribution is 5.78. The standard InChI is InChI=1S/C11H12F3NO2/c1-15(2)11(14,9(16)17)10(12,13)8-6-4-3-5-7-8/h3-7H,1-2H3,(H,16,17)/t11-/m1/s1. The minimum atomic E-state index is -4.15. The number of nitrogens with zero attached hydrogens (tertiary/aromatic N) is 1. The second kappa shape index (κ2) is 4.37. The van der Waals surface area contributed by atoms with Gasteiger partial charge in [0.1, 0.15) is 0 Å². The zero-order valence-corrected chi connectivity index (χ0v) is 9.32. The maximum absolute atomic E-state index is 14.1. The molecule has 1 rings (SSSR count). The van der Waals surface area contributed by atoms with Gasteiger partial charge in [0, 0.05) is 5.56 Å². The lowest BCUT2D eigenvalue weighted by molar-refractivity contribution is -0.223. The number of halogens is 3. The van der Waals surface area contributed by atoms with Crippen molar-refractivity contribution >= 4 is 5.97 Å². The number of aliphatic carboxylic acids is 1. The molecule has 0 unspecified atom stereocenters. The number of carboxylic acid groups (broad SMARTS) is 1. The van der Waals surface area contributed by atoms with Crippen molar-refractivity contribution in [3.63, 3.8) is 0 Å². The van der Waals surface area contributed by atoms with Crippen LogP contribution in [0.15, 0.2) is 30.3 Å². The highest BCUT2D eigenvalue weighted by atomic mass is 19.3. The fourth-order valence-corrected chi connectivity index (χ4v) is 1.45. The van der Waals surface area contributed by atoms with Gasteiger partial charge in [-0.05, 0) is 14.1 Å². The minimum Gasteiger partial charge on any atom is -0.478 e. The monoisotopic (exact) mass is 247 g/mol. The number of carboxylic acids is 1. The zero-order valence-electron chi connectivity index (χ0n) is 9.32. The van der Waals surface area contributed by atoms with E-state index in [0.717, 1.165) is 26.2 Å². The van der Waals surface area contributed by atoms with E-state index >= 15 is 0 Å². The summed E-state index contributed by atoms with van der Waals surface area (Å²) in [5.41, 5.74) is -0.682. The Kier molecular flexibility index (Phi) is 3.47. The molecule has 0 aromatic heterocycles. The van der Waals surface area contributed by atoms with Crippen LogP contribution in [0, 0.1) is 0 Å². The SMILES string of the molecule is CN(C)[C@](F)(C(=O)O)C(F)(F)c1ccccc1. The molecule has 0 aliphatic rings. The van der Waals surface area contributed by atoms with Gasteiger partial charge in [-0.1, -0.05) is 30.3 Å². The number of alkyl halides is 3. The summed E-state index contributed by atoms with van der Waals surface area (Å²) in [6.07, 6.45) is 0. The largest absolute Gasteiger partial charge is 0.478 e. The fraction of sp³-hybridized carbons (Fsp3) is 0.364. The number of likely N-dealkylation sites (N-methyl/N-ethyl adjacent to an activating group) is 1. The van der Waals surface area contributed by atoms with E-state index in [1.54, 1.807) is 0 Å². The number of hydrogen-bond acceptors (Lipinski definition) is 2. The highest BCUT2D eigenvalue weighted by Crippen LogP contribution is 2.43. The van der Waals surface area contributed by atoms with E-state index in [9.17, 15) is 18.0 Å². The molecule has 1 atom stereocenters. The van der Waals surface area contributed by atoms with Crippen LogP contribution < -0.4 is 0 Å². The second-order valence-electron chi connectivity index (χ2n) is 3.76. The van der Waals surface area contributed by atoms with E-state index in [1.165, 1.54) is 18.2 Å². The molecule has 0 heterocycles. The predicted octanol–water partition coefficient (Wildman–Crippen LogP) is 2.09. The molecule has 1 aromatic carbocycles. The van der Waals surface area contributed by atoms with Crippen LogP contribution in [0.3, 0.4) is 0 Å². The van der Waals surface area contributed by atoms with Gasteiger partial charge in [0.05, 0.1) is 0 Å². The van der Waals surface area contributed by atoms with Gasteiger partial charge < -0.3 is 5.11 Å². The van der Waals surface area contributed by atoms with Crippen molar-refractivity contribution in [2.75, 3.05) is 14.1 Å². The molecule has 0 spiro atoms. The quantitative estimate of drug-likeness (QED) is 0.828. The van der Waals surface area contributed by atoms with E-state index in [2.05, 4.69) is 0 Å². The summed E-state index contributed by atoms with van der Waals surface area (Å²) in [4.78, 5) is 11.1. The molecular weight excluding hydrogens is 235 g/mol. The van der Waals surface area contributed by atoms with Crippen LogP contribution in [-0.2, 0) is 10.7 Å². The number of benzene rings is 1. The Bertz CT molecular complexity index is 408. The molecule has 94 valence electrons. The van der Waals surface area contributed by atoms with Gasteiger partial charge >= 0.3 is 17.7 Å². The van der Waals surface area contributed by atoms with E-state index in [1.807, 2.05) is 0 Å². The van der Waals surface area contributed by atoms with Crippen LogP contribution in [0.1, 0.15) is 5.56 Å². The maximum atomic E-state index is 14.1. The first-order chi connectivity index (χ1) is 7.74. The summed E-state index contributed by atoms with van der Waals surface area (Å²) in [5, 5.41) is 8.70. The lowest BCUT2D eigenvalue weighted by Gasteiger charge is -2.34.